The van der Waals surface area contributed by atoms with Gasteiger partial charge in [0, 0.05) is 0 Å². The summed E-state index contributed by atoms with van der Waals surface area (Å²) in [5, 5.41) is 55.0. The molecule has 8 unspecified atom stereocenters. The predicted octanol–water partition coefficient (Wildman–Crippen LogP) is 7.13. The van der Waals surface area contributed by atoms with Gasteiger partial charge in [-0.25, -0.2) is 4.18 Å². The van der Waals surface area contributed by atoms with Crippen molar-refractivity contribution in [1.82, 2.24) is 5.32 Å². The van der Waals surface area contributed by atoms with E-state index in [1.807, 2.05) is 6.08 Å². The van der Waals surface area contributed by atoms with Gasteiger partial charge in [-0.15, -0.1) is 0 Å². The van der Waals surface area contributed by atoms with Gasteiger partial charge in [-0.1, -0.05) is 160 Å². The Balaban J connectivity index is 2.59. The van der Waals surface area contributed by atoms with E-state index in [4.69, 9.17) is 14.0 Å². The van der Waals surface area contributed by atoms with E-state index in [0.29, 0.717) is 12.8 Å². The molecule has 14 heteroatoms. The third-order valence-corrected chi connectivity index (χ3v) is 11.0. The highest BCUT2D eigenvalue weighted by atomic mass is 32.3. The van der Waals surface area contributed by atoms with E-state index in [1.165, 1.54) is 102 Å². The van der Waals surface area contributed by atoms with Gasteiger partial charge in [0.15, 0.2) is 6.29 Å². The number of aliphatic hydroxyl groups excluding tert-OH is 5. The van der Waals surface area contributed by atoms with Crippen LogP contribution < -0.4 is 5.32 Å². The Kier molecular flexibility index (Phi) is 32.2. The summed E-state index contributed by atoms with van der Waals surface area (Å²) < 4.78 is 47.4. The molecular formula is C43H81NO12S. The van der Waals surface area contributed by atoms with Crippen LogP contribution >= 0.6 is 0 Å². The summed E-state index contributed by atoms with van der Waals surface area (Å²) in [5.74, 6) is -0.712. The van der Waals surface area contributed by atoms with Gasteiger partial charge in [-0.05, 0) is 44.9 Å². The maximum absolute atomic E-state index is 13.1. The fourth-order valence-corrected chi connectivity index (χ4v) is 7.49. The molecule has 1 rings (SSSR count). The highest BCUT2D eigenvalue weighted by molar-refractivity contribution is 7.80. The zero-order chi connectivity index (χ0) is 42.2. The van der Waals surface area contributed by atoms with Gasteiger partial charge in [0.2, 0.25) is 5.91 Å². The first-order chi connectivity index (χ1) is 27.4. The predicted molar refractivity (Wildman–Crippen MR) is 224 cm³/mol. The number of rotatable bonds is 37. The Morgan fingerprint density at radius 1 is 0.702 bits per heavy atom. The lowest BCUT2D eigenvalue weighted by Gasteiger charge is -2.41. The average Bonchev–Trinajstić information content (AvgIpc) is 3.18. The molecule has 0 aliphatic carbocycles. The third kappa shape index (κ3) is 27.1. The van der Waals surface area contributed by atoms with Crippen LogP contribution in [0.25, 0.3) is 0 Å². The van der Waals surface area contributed by atoms with Crippen LogP contribution in [0, 0.1) is 0 Å². The van der Waals surface area contributed by atoms with Gasteiger partial charge >= 0.3 is 10.4 Å². The molecule has 1 heterocycles. The van der Waals surface area contributed by atoms with Crippen molar-refractivity contribution in [2.75, 3.05) is 13.2 Å². The Labute approximate surface area is 345 Å². The van der Waals surface area contributed by atoms with Gasteiger partial charge in [-0.3, -0.25) is 9.35 Å². The normalized spacial score (nSPS) is 22.0. The molecule has 1 aliphatic heterocycles. The zero-order valence-corrected chi connectivity index (χ0v) is 36.1. The number of hydrogen-bond donors (Lipinski definition) is 7. The summed E-state index contributed by atoms with van der Waals surface area (Å²) in [6, 6.07) is -1.12. The molecule has 13 nitrogen and oxygen atoms in total. The molecule has 336 valence electrons. The molecule has 1 aliphatic rings. The summed E-state index contributed by atoms with van der Waals surface area (Å²) in [6.45, 7) is 3.18. The highest BCUT2D eigenvalue weighted by Crippen LogP contribution is 2.26. The lowest BCUT2D eigenvalue weighted by Crippen LogP contribution is -2.61. The quantitative estimate of drug-likeness (QED) is 0.0189. The maximum atomic E-state index is 13.1. The molecule has 0 aromatic heterocycles. The van der Waals surface area contributed by atoms with E-state index in [2.05, 4.69) is 35.5 Å². The number of amides is 1. The van der Waals surface area contributed by atoms with Crippen LogP contribution in [-0.4, -0.2) is 107 Å². The van der Waals surface area contributed by atoms with E-state index in [0.717, 1.165) is 51.4 Å². The summed E-state index contributed by atoms with van der Waals surface area (Å²) >= 11 is 0. The third-order valence-electron chi connectivity index (χ3n) is 10.6. The molecule has 7 N–H and O–H groups in total. The van der Waals surface area contributed by atoms with Crippen molar-refractivity contribution >= 4 is 16.3 Å². The number of nitrogens with one attached hydrogen (secondary N) is 1. The van der Waals surface area contributed by atoms with Crippen LogP contribution in [0.15, 0.2) is 24.3 Å². The van der Waals surface area contributed by atoms with E-state index < -0.39 is 78.5 Å². The molecule has 8 atom stereocenters. The van der Waals surface area contributed by atoms with Gasteiger partial charge < -0.3 is 40.3 Å². The molecule has 1 saturated heterocycles. The van der Waals surface area contributed by atoms with Crippen LogP contribution in [0.2, 0.25) is 0 Å². The summed E-state index contributed by atoms with van der Waals surface area (Å²) in [7, 11) is -5.11. The van der Waals surface area contributed by atoms with Gasteiger partial charge in [0.25, 0.3) is 0 Å². The molecular weight excluding hydrogens is 755 g/mol. The SMILES string of the molecule is CCCCCCCCCCC/C=C\CCCCCCC(O)C(=O)NC(COC1OC(CO)C(O)C(OS(=O)(=O)O)C1O)C(O)/C=C/CCCCCCCCCCC. The highest BCUT2D eigenvalue weighted by Gasteiger charge is 2.48. The fourth-order valence-electron chi connectivity index (χ4n) is 6.98. The van der Waals surface area contributed by atoms with Gasteiger partial charge in [-0.2, -0.15) is 8.42 Å². The van der Waals surface area contributed by atoms with Crippen LogP contribution in [-0.2, 0) is 28.9 Å². The van der Waals surface area contributed by atoms with E-state index in [-0.39, 0.29) is 6.42 Å². The first-order valence-electron chi connectivity index (χ1n) is 22.3. The second-order valence-corrected chi connectivity index (χ2v) is 16.8. The number of allylic oxidation sites excluding steroid dienone is 3. The minimum atomic E-state index is -5.11. The van der Waals surface area contributed by atoms with Crippen LogP contribution in [0.1, 0.15) is 181 Å². The van der Waals surface area contributed by atoms with Crippen molar-refractivity contribution in [3.8, 4) is 0 Å². The minimum Gasteiger partial charge on any atom is -0.394 e. The standard InChI is InChI=1S/C43H81NO12S/c1-3-5-7-9-11-13-15-16-17-18-19-20-22-24-26-28-30-32-37(47)42(50)44-35(36(46)31-29-27-25-23-21-14-12-10-8-6-4-2)34-54-43-40(49)41(56-57(51,52)53)39(48)38(33-45)55-43/h19-20,29,31,35-41,43,45-49H,3-18,21-28,30,32-34H2,1-2H3,(H,44,50)(H,51,52,53)/b20-19-,31-29+. The molecule has 0 saturated carbocycles. The molecule has 0 aromatic rings. The van der Waals surface area contributed by atoms with Crippen molar-refractivity contribution < 1.29 is 57.0 Å². The molecule has 0 radical (unpaired) electrons. The zero-order valence-electron chi connectivity index (χ0n) is 35.3. The number of ether oxygens (including phenoxy) is 2. The molecule has 57 heavy (non-hydrogen) atoms. The molecule has 0 bridgehead atoms. The molecule has 1 amide bonds. The van der Waals surface area contributed by atoms with E-state index >= 15 is 0 Å². The fraction of sp³-hybridized carbons (Fsp3) is 0.884. The smallest absolute Gasteiger partial charge is 0.394 e. The molecule has 0 aromatic carbocycles. The lowest BCUT2D eigenvalue weighted by atomic mass is 9.99. The monoisotopic (exact) mass is 836 g/mol. The average molecular weight is 836 g/mol. The number of carbonyl (C=O) groups is 1. The Bertz CT molecular complexity index is 1140. The van der Waals surface area contributed by atoms with Crippen molar-refractivity contribution in [1.29, 1.82) is 0 Å². The van der Waals surface area contributed by atoms with Gasteiger partial charge in [0.05, 0.1) is 25.4 Å². The number of hydrogen-bond acceptors (Lipinski definition) is 11. The lowest BCUT2D eigenvalue weighted by molar-refractivity contribution is -0.298. The van der Waals surface area contributed by atoms with Crippen molar-refractivity contribution in [3.05, 3.63) is 24.3 Å². The van der Waals surface area contributed by atoms with Crippen LogP contribution in [0.3, 0.4) is 0 Å². The van der Waals surface area contributed by atoms with Crippen molar-refractivity contribution in [2.24, 2.45) is 0 Å². The van der Waals surface area contributed by atoms with Crippen LogP contribution in [0.5, 0.6) is 0 Å². The number of unbranched alkanes of at least 4 members (excludes halogenated alkanes) is 22. The van der Waals surface area contributed by atoms with E-state index in [1.54, 1.807) is 0 Å². The van der Waals surface area contributed by atoms with Gasteiger partial charge in [0.1, 0.15) is 30.5 Å². The number of carbonyl (C=O) groups excluding carboxylic acids is 1. The minimum absolute atomic E-state index is 0.230. The Hall–Kier alpha value is -1.46. The van der Waals surface area contributed by atoms with Crippen molar-refractivity contribution in [2.45, 2.75) is 230 Å². The summed E-state index contributed by atoms with van der Waals surface area (Å²) in [6.07, 6.45) is 25.5. The second-order valence-electron chi connectivity index (χ2n) is 15.8. The molecule has 0 spiro atoms. The maximum Gasteiger partial charge on any atom is 0.397 e. The largest absolute Gasteiger partial charge is 0.397 e. The first-order valence-corrected chi connectivity index (χ1v) is 23.7. The van der Waals surface area contributed by atoms with E-state index in [9.17, 15) is 38.7 Å². The molecule has 1 fully saturated rings. The van der Waals surface area contributed by atoms with Crippen LogP contribution in [0.4, 0.5) is 0 Å². The first kappa shape index (κ1) is 53.6. The Morgan fingerprint density at radius 3 is 1.63 bits per heavy atom. The van der Waals surface area contributed by atoms with Crippen molar-refractivity contribution in [3.63, 3.8) is 0 Å². The summed E-state index contributed by atoms with van der Waals surface area (Å²) in [4.78, 5) is 13.1. The Morgan fingerprint density at radius 2 is 1.16 bits per heavy atom. The topological polar surface area (TPSA) is 212 Å². The number of aliphatic hydroxyl groups is 5. The second kappa shape index (κ2) is 34.3. The summed E-state index contributed by atoms with van der Waals surface area (Å²) in [5.41, 5.74) is 0.